The Morgan fingerprint density at radius 1 is 0.742 bits per heavy atom. The molecule has 1 heterocycles. The summed E-state index contributed by atoms with van der Waals surface area (Å²) in [5.74, 6) is 1.96. The Labute approximate surface area is 182 Å². The lowest BCUT2D eigenvalue weighted by Crippen LogP contribution is -2.41. The molecule has 31 heavy (non-hydrogen) atoms. The van der Waals surface area contributed by atoms with Crippen molar-refractivity contribution in [1.82, 2.24) is 10.6 Å². The fourth-order valence-electron chi connectivity index (χ4n) is 4.12. The third kappa shape index (κ3) is 4.50. The molecule has 0 radical (unpaired) electrons. The predicted octanol–water partition coefficient (Wildman–Crippen LogP) is 5.00. The number of carbonyl (C=O) groups is 1. The SMILES string of the molecule is O=C(NC(c1ccccc1)c1ccccc1)NC(c1ccc2c(c1)OCCO2)C1CC1. The van der Waals surface area contributed by atoms with Crippen LogP contribution in [-0.2, 0) is 0 Å². The number of carbonyl (C=O) groups excluding carboxylic acids is 1. The zero-order chi connectivity index (χ0) is 21.0. The summed E-state index contributed by atoms with van der Waals surface area (Å²) in [5, 5.41) is 6.41. The molecule has 0 aromatic heterocycles. The third-order valence-electron chi connectivity index (χ3n) is 5.85. The number of nitrogens with one attached hydrogen (secondary N) is 2. The van der Waals surface area contributed by atoms with Gasteiger partial charge in [0.15, 0.2) is 11.5 Å². The summed E-state index contributed by atoms with van der Waals surface area (Å²) < 4.78 is 11.4. The number of ether oxygens (including phenoxy) is 2. The first-order valence-corrected chi connectivity index (χ1v) is 10.8. The number of amides is 2. The highest BCUT2D eigenvalue weighted by Gasteiger charge is 2.34. The van der Waals surface area contributed by atoms with E-state index in [4.69, 9.17) is 9.47 Å². The Bertz CT molecular complexity index is 996. The third-order valence-corrected chi connectivity index (χ3v) is 5.85. The minimum atomic E-state index is -0.220. The van der Waals surface area contributed by atoms with Crippen LogP contribution in [0.25, 0.3) is 0 Å². The molecule has 1 unspecified atom stereocenters. The largest absolute Gasteiger partial charge is 0.486 e. The summed E-state index contributed by atoms with van der Waals surface area (Å²) in [6, 6.07) is 25.6. The van der Waals surface area contributed by atoms with Gasteiger partial charge in [0, 0.05) is 0 Å². The van der Waals surface area contributed by atoms with Gasteiger partial charge in [-0.3, -0.25) is 0 Å². The van der Waals surface area contributed by atoms with E-state index in [9.17, 15) is 4.79 Å². The maximum Gasteiger partial charge on any atom is 0.316 e. The van der Waals surface area contributed by atoms with Crippen LogP contribution in [0.1, 0.15) is 41.6 Å². The van der Waals surface area contributed by atoms with E-state index in [1.807, 2.05) is 78.9 Å². The molecule has 1 fully saturated rings. The monoisotopic (exact) mass is 414 g/mol. The smallest absolute Gasteiger partial charge is 0.316 e. The van der Waals surface area contributed by atoms with Crippen molar-refractivity contribution in [2.45, 2.75) is 24.9 Å². The lowest BCUT2D eigenvalue weighted by molar-refractivity contribution is 0.171. The van der Waals surface area contributed by atoms with Gasteiger partial charge in [0.1, 0.15) is 13.2 Å². The second-order valence-electron chi connectivity index (χ2n) is 8.09. The number of hydrogen-bond acceptors (Lipinski definition) is 3. The van der Waals surface area contributed by atoms with Crippen LogP contribution in [0.4, 0.5) is 4.79 Å². The molecule has 1 aliphatic carbocycles. The van der Waals surface area contributed by atoms with Crippen molar-refractivity contribution in [3.05, 3.63) is 95.6 Å². The molecule has 5 rings (SSSR count). The average molecular weight is 415 g/mol. The van der Waals surface area contributed by atoms with E-state index in [2.05, 4.69) is 10.6 Å². The van der Waals surface area contributed by atoms with Crippen LogP contribution in [0.15, 0.2) is 78.9 Å². The molecule has 0 bridgehead atoms. The van der Waals surface area contributed by atoms with Crippen molar-refractivity contribution >= 4 is 6.03 Å². The fraction of sp³-hybridized carbons (Fsp3) is 0.269. The van der Waals surface area contributed by atoms with Crippen LogP contribution >= 0.6 is 0 Å². The molecule has 2 N–H and O–H groups in total. The van der Waals surface area contributed by atoms with Crippen molar-refractivity contribution in [3.63, 3.8) is 0 Å². The standard InChI is InChI=1S/C26H26N2O3/c29-26(27-24(18-7-3-1-4-8-18)19-9-5-2-6-10-19)28-25(20-11-12-20)21-13-14-22-23(17-21)31-16-15-30-22/h1-10,13-14,17,20,24-25H,11-12,15-16H2,(H2,27,28,29). The highest BCUT2D eigenvalue weighted by Crippen LogP contribution is 2.43. The zero-order valence-corrected chi connectivity index (χ0v) is 17.3. The van der Waals surface area contributed by atoms with E-state index in [1.165, 1.54) is 0 Å². The van der Waals surface area contributed by atoms with E-state index < -0.39 is 0 Å². The lowest BCUT2D eigenvalue weighted by Gasteiger charge is -2.25. The Morgan fingerprint density at radius 2 is 1.35 bits per heavy atom. The van der Waals surface area contributed by atoms with Gasteiger partial charge in [0.25, 0.3) is 0 Å². The van der Waals surface area contributed by atoms with E-state index in [0.717, 1.165) is 41.0 Å². The van der Waals surface area contributed by atoms with Crippen molar-refractivity contribution in [1.29, 1.82) is 0 Å². The van der Waals surface area contributed by atoms with Gasteiger partial charge in [-0.2, -0.15) is 0 Å². The van der Waals surface area contributed by atoms with Gasteiger partial charge in [-0.15, -0.1) is 0 Å². The highest BCUT2D eigenvalue weighted by atomic mass is 16.6. The number of rotatable bonds is 6. The summed E-state index contributed by atoms with van der Waals surface area (Å²) in [5.41, 5.74) is 3.15. The first-order valence-electron chi connectivity index (χ1n) is 10.8. The molecule has 3 aromatic rings. The Hall–Kier alpha value is -3.47. The topological polar surface area (TPSA) is 59.6 Å². The first-order chi connectivity index (χ1) is 15.3. The number of fused-ring (bicyclic) bond motifs is 1. The van der Waals surface area contributed by atoms with Crippen LogP contribution < -0.4 is 20.1 Å². The van der Waals surface area contributed by atoms with Gasteiger partial charge in [-0.1, -0.05) is 66.7 Å². The molecule has 2 amide bonds. The van der Waals surface area contributed by atoms with Crippen LogP contribution in [0.2, 0.25) is 0 Å². The number of hydrogen-bond donors (Lipinski definition) is 2. The Balaban J connectivity index is 1.36. The minimum absolute atomic E-state index is 0.0528. The zero-order valence-electron chi connectivity index (χ0n) is 17.3. The molecule has 5 nitrogen and oxygen atoms in total. The molecule has 1 saturated carbocycles. The molecule has 158 valence electrons. The summed E-state index contributed by atoms with van der Waals surface area (Å²) >= 11 is 0. The van der Waals surface area contributed by atoms with Crippen LogP contribution in [0.5, 0.6) is 11.5 Å². The molecular formula is C26H26N2O3. The summed E-state index contributed by atoms with van der Waals surface area (Å²) in [6.45, 7) is 1.12. The van der Waals surface area contributed by atoms with Crippen LogP contribution in [0.3, 0.4) is 0 Å². The average Bonchev–Trinajstić information content (AvgIpc) is 3.67. The number of benzene rings is 3. The Morgan fingerprint density at radius 3 is 1.97 bits per heavy atom. The Kier molecular flexibility index (Phi) is 5.48. The van der Waals surface area contributed by atoms with Gasteiger partial charge in [-0.25, -0.2) is 4.79 Å². The van der Waals surface area contributed by atoms with Gasteiger partial charge in [0.05, 0.1) is 12.1 Å². The van der Waals surface area contributed by atoms with E-state index in [-0.39, 0.29) is 18.1 Å². The van der Waals surface area contributed by atoms with Crippen LogP contribution in [-0.4, -0.2) is 19.2 Å². The predicted molar refractivity (Wildman–Crippen MR) is 119 cm³/mol. The summed E-state index contributed by atoms with van der Waals surface area (Å²) in [7, 11) is 0. The second kappa shape index (κ2) is 8.72. The van der Waals surface area contributed by atoms with Crippen molar-refractivity contribution in [2.24, 2.45) is 5.92 Å². The van der Waals surface area contributed by atoms with Crippen molar-refractivity contribution in [3.8, 4) is 11.5 Å². The molecule has 5 heteroatoms. The van der Waals surface area contributed by atoms with E-state index in [0.29, 0.717) is 19.1 Å². The minimum Gasteiger partial charge on any atom is -0.486 e. The molecule has 3 aromatic carbocycles. The maximum atomic E-state index is 13.1. The van der Waals surface area contributed by atoms with E-state index in [1.54, 1.807) is 0 Å². The normalized spacial score (nSPS) is 15.9. The summed E-state index contributed by atoms with van der Waals surface area (Å²) in [6.07, 6.45) is 2.22. The molecule has 1 atom stereocenters. The highest BCUT2D eigenvalue weighted by molar-refractivity contribution is 5.76. The lowest BCUT2D eigenvalue weighted by atomic mass is 9.98. The number of urea groups is 1. The molecule has 1 aliphatic heterocycles. The molecule has 2 aliphatic rings. The first kappa shape index (κ1) is 19.5. The van der Waals surface area contributed by atoms with Gasteiger partial charge in [0.2, 0.25) is 0 Å². The van der Waals surface area contributed by atoms with Crippen LogP contribution in [0, 0.1) is 5.92 Å². The second-order valence-corrected chi connectivity index (χ2v) is 8.09. The van der Waals surface area contributed by atoms with Crippen molar-refractivity contribution < 1.29 is 14.3 Å². The van der Waals surface area contributed by atoms with E-state index >= 15 is 0 Å². The molecule has 0 saturated heterocycles. The summed E-state index contributed by atoms with van der Waals surface area (Å²) in [4.78, 5) is 13.1. The fourth-order valence-corrected chi connectivity index (χ4v) is 4.12. The maximum absolute atomic E-state index is 13.1. The molecular weight excluding hydrogens is 388 g/mol. The van der Waals surface area contributed by atoms with Gasteiger partial charge in [-0.05, 0) is 47.6 Å². The quantitative estimate of drug-likeness (QED) is 0.597. The molecule has 0 spiro atoms. The van der Waals surface area contributed by atoms with Gasteiger partial charge < -0.3 is 20.1 Å². The van der Waals surface area contributed by atoms with Gasteiger partial charge >= 0.3 is 6.03 Å². The van der Waals surface area contributed by atoms with Crippen molar-refractivity contribution in [2.75, 3.05) is 13.2 Å².